The van der Waals surface area contributed by atoms with Gasteiger partial charge in [0.15, 0.2) is 0 Å². The maximum Gasteiger partial charge on any atom is 1.00 e. The smallest absolute Gasteiger partial charge is 0.445 e. The van der Waals surface area contributed by atoms with Crippen LogP contribution in [0.2, 0.25) is 0 Å². The summed E-state index contributed by atoms with van der Waals surface area (Å²) in [4.78, 5) is 0. The summed E-state index contributed by atoms with van der Waals surface area (Å²) >= 11 is 0. The summed E-state index contributed by atoms with van der Waals surface area (Å²) in [6.07, 6.45) is 0. The van der Waals surface area contributed by atoms with Crippen molar-refractivity contribution >= 4 is 12.4 Å². The summed E-state index contributed by atoms with van der Waals surface area (Å²) in [5.41, 5.74) is -0.0526. The molecule has 1 aromatic carbocycles. The number of ether oxygens (including phenoxy) is 1. The Hall–Kier alpha value is 0.231. The minimum atomic E-state index is -4.91. The van der Waals surface area contributed by atoms with E-state index in [1.165, 1.54) is 19.2 Å². The van der Waals surface area contributed by atoms with Crippen molar-refractivity contribution in [3.8, 4) is 11.8 Å². The first-order chi connectivity index (χ1) is 7.04. The molecule has 0 saturated heterocycles. The molecule has 0 aliphatic heterocycles. The van der Waals surface area contributed by atoms with Gasteiger partial charge in [0.05, 0.1) is 0 Å². The van der Waals surface area contributed by atoms with E-state index >= 15 is 0 Å². The van der Waals surface area contributed by atoms with Gasteiger partial charge in [-0.25, -0.2) is 0 Å². The average molecular weight is 252 g/mol. The molecule has 0 aliphatic rings. The van der Waals surface area contributed by atoms with Gasteiger partial charge in [0.25, 0.3) is 0 Å². The van der Waals surface area contributed by atoms with E-state index in [-0.39, 0.29) is 58.0 Å². The third-order valence-electron chi connectivity index (χ3n) is 1.74. The summed E-state index contributed by atoms with van der Waals surface area (Å²) in [6, 6.07) is 4.79. The molecule has 0 unspecified atom stereocenters. The van der Waals surface area contributed by atoms with Crippen LogP contribution in [0, 0.1) is 11.8 Å². The summed E-state index contributed by atoms with van der Waals surface area (Å²) in [5.74, 6) is 5.35. The first-order valence-electron chi connectivity index (χ1n) is 4.32. The zero-order chi connectivity index (χ0) is 11.3. The predicted molar refractivity (Wildman–Crippen MR) is 53.9 cm³/mol. The van der Waals surface area contributed by atoms with E-state index in [0.29, 0.717) is 5.56 Å². The number of rotatable bonds is 2. The van der Waals surface area contributed by atoms with E-state index in [1.54, 1.807) is 0 Å². The van der Waals surface area contributed by atoms with Crippen LogP contribution in [0.25, 0.3) is 0 Å². The summed E-state index contributed by atoms with van der Waals surface area (Å²) in [5, 5.41) is 0. The molecule has 1 rings (SSSR count). The molecular formula is C10H9BF3KO. The van der Waals surface area contributed by atoms with Crippen LogP contribution in [-0.2, 0) is 4.74 Å². The van der Waals surface area contributed by atoms with E-state index < -0.39 is 12.4 Å². The van der Waals surface area contributed by atoms with Crippen LogP contribution in [0.15, 0.2) is 24.3 Å². The predicted octanol–water partition coefficient (Wildman–Crippen LogP) is -1.26. The molecule has 0 spiro atoms. The Balaban J connectivity index is 0.00000225. The molecule has 6 heteroatoms. The van der Waals surface area contributed by atoms with Crippen LogP contribution >= 0.6 is 0 Å². The Morgan fingerprint density at radius 3 is 2.19 bits per heavy atom. The quantitative estimate of drug-likeness (QED) is 0.472. The first-order valence-corrected chi connectivity index (χ1v) is 4.32. The van der Waals surface area contributed by atoms with Crippen molar-refractivity contribution in [2.24, 2.45) is 0 Å². The zero-order valence-electron chi connectivity index (χ0n) is 9.14. The van der Waals surface area contributed by atoms with Crippen LogP contribution in [0.3, 0.4) is 0 Å². The number of halogens is 3. The van der Waals surface area contributed by atoms with Crippen LogP contribution in [0.1, 0.15) is 5.56 Å². The second kappa shape index (κ2) is 7.54. The van der Waals surface area contributed by atoms with Crippen molar-refractivity contribution in [1.82, 2.24) is 0 Å². The van der Waals surface area contributed by atoms with Gasteiger partial charge in [-0.1, -0.05) is 24.0 Å². The second-order valence-corrected chi connectivity index (χ2v) is 2.93. The first kappa shape index (κ1) is 16.2. The largest absolute Gasteiger partial charge is 1.00 e. The molecule has 0 N–H and O–H groups in total. The topological polar surface area (TPSA) is 9.23 Å². The van der Waals surface area contributed by atoms with Crippen molar-refractivity contribution in [3.05, 3.63) is 29.8 Å². The number of methoxy groups -OCH3 is 1. The van der Waals surface area contributed by atoms with Crippen LogP contribution in [0.5, 0.6) is 0 Å². The molecule has 0 aromatic heterocycles. The van der Waals surface area contributed by atoms with Crippen LogP contribution in [-0.4, -0.2) is 20.7 Å². The molecule has 0 heterocycles. The second-order valence-electron chi connectivity index (χ2n) is 2.93. The normalized spacial score (nSPS) is 10.0. The number of hydrogen-bond acceptors (Lipinski definition) is 1. The van der Waals surface area contributed by atoms with Gasteiger partial charge in [-0.2, -0.15) is 0 Å². The van der Waals surface area contributed by atoms with Gasteiger partial charge < -0.3 is 17.7 Å². The zero-order valence-corrected chi connectivity index (χ0v) is 12.3. The molecule has 0 radical (unpaired) electrons. The Kier molecular flexibility index (Phi) is 7.65. The molecule has 80 valence electrons. The van der Waals surface area contributed by atoms with Crippen LogP contribution in [0.4, 0.5) is 12.9 Å². The molecule has 0 amide bonds. The Labute approximate surface area is 135 Å². The minimum Gasteiger partial charge on any atom is -0.445 e. The minimum absolute atomic E-state index is 0. The molecule has 1 nitrogen and oxygen atoms in total. The van der Waals surface area contributed by atoms with Crippen molar-refractivity contribution in [1.29, 1.82) is 0 Å². The molecule has 0 atom stereocenters. The third kappa shape index (κ3) is 5.53. The maximum atomic E-state index is 12.2. The summed E-state index contributed by atoms with van der Waals surface area (Å²) in [7, 11) is 1.50. The Morgan fingerprint density at radius 2 is 1.75 bits per heavy atom. The van der Waals surface area contributed by atoms with Gasteiger partial charge in [0.2, 0.25) is 0 Å². The fourth-order valence-corrected chi connectivity index (χ4v) is 0.995. The SMILES string of the molecule is COCC#Cc1ccc([B-](F)(F)F)cc1.[K+]. The number of hydrogen-bond donors (Lipinski definition) is 0. The van der Waals surface area contributed by atoms with Crippen molar-refractivity contribution in [3.63, 3.8) is 0 Å². The van der Waals surface area contributed by atoms with Crippen molar-refractivity contribution in [2.75, 3.05) is 13.7 Å². The van der Waals surface area contributed by atoms with Gasteiger partial charge in [-0.05, 0) is 12.1 Å². The molecular weight excluding hydrogens is 243 g/mol. The molecule has 0 saturated carbocycles. The molecule has 16 heavy (non-hydrogen) atoms. The van der Waals surface area contributed by atoms with Crippen molar-refractivity contribution < 1.29 is 69.1 Å². The maximum absolute atomic E-state index is 12.2. The van der Waals surface area contributed by atoms with E-state index in [2.05, 4.69) is 11.8 Å². The average Bonchev–Trinajstić information content (AvgIpc) is 2.18. The van der Waals surface area contributed by atoms with Gasteiger partial charge in [0, 0.05) is 12.7 Å². The van der Waals surface area contributed by atoms with E-state index in [1.807, 2.05) is 0 Å². The van der Waals surface area contributed by atoms with E-state index in [9.17, 15) is 12.9 Å². The molecule has 0 aliphatic carbocycles. The monoisotopic (exact) mass is 252 g/mol. The Morgan fingerprint density at radius 1 is 1.19 bits per heavy atom. The molecule has 0 fully saturated rings. The summed E-state index contributed by atoms with van der Waals surface area (Å²) < 4.78 is 41.4. The summed E-state index contributed by atoms with van der Waals surface area (Å²) in [6.45, 7) is -4.64. The van der Waals surface area contributed by atoms with Gasteiger partial charge in [0.1, 0.15) is 6.61 Å². The third-order valence-corrected chi connectivity index (χ3v) is 1.74. The van der Waals surface area contributed by atoms with E-state index in [4.69, 9.17) is 4.74 Å². The fourth-order valence-electron chi connectivity index (χ4n) is 0.995. The van der Waals surface area contributed by atoms with Gasteiger partial charge in [-0.3, -0.25) is 0 Å². The Bertz CT molecular complexity index is 378. The molecule has 0 bridgehead atoms. The van der Waals surface area contributed by atoms with Crippen LogP contribution < -0.4 is 56.8 Å². The fraction of sp³-hybridized carbons (Fsp3) is 0.200. The van der Waals surface area contributed by atoms with Gasteiger partial charge in [-0.15, -0.1) is 5.46 Å². The van der Waals surface area contributed by atoms with Gasteiger partial charge >= 0.3 is 58.4 Å². The van der Waals surface area contributed by atoms with E-state index in [0.717, 1.165) is 12.1 Å². The standard InChI is InChI=1S/C10H9BF3O.K/c1-15-8-2-3-9-4-6-10(7-5-9)11(12,13)14;/h4-7H,8H2,1H3;/q-1;+1. The molecule has 1 aromatic rings. The van der Waals surface area contributed by atoms with Crippen molar-refractivity contribution in [2.45, 2.75) is 0 Å². The number of benzene rings is 1.